The first kappa shape index (κ1) is 31.2. The molecule has 3 N–H and O–H groups in total. The topological polar surface area (TPSA) is 125 Å². The van der Waals surface area contributed by atoms with Gasteiger partial charge >= 0.3 is 0 Å². The number of aromatic nitrogens is 4. The van der Waals surface area contributed by atoms with Gasteiger partial charge in [0.1, 0.15) is 17.6 Å². The average Bonchev–Trinajstić information content (AvgIpc) is 3.63. The van der Waals surface area contributed by atoms with Crippen LogP contribution in [0.15, 0.2) is 54.6 Å². The lowest BCUT2D eigenvalue weighted by molar-refractivity contribution is -0.129. The zero-order chi connectivity index (χ0) is 31.2. The molecule has 1 aliphatic heterocycles. The molecule has 0 saturated heterocycles. The molecule has 3 heterocycles. The number of carbonyl (C=O) groups is 3. The van der Waals surface area contributed by atoms with E-state index in [-0.39, 0.29) is 42.4 Å². The predicted molar refractivity (Wildman–Crippen MR) is 170 cm³/mol. The standard InChI is InChI=1S/C32H38FN7O3S/c1-20(2)28-30-37-29(21-8-5-4-6-9-21)38-40(30)16-15-39(32(43)26-19-22-18-23(33)11-12-24(22)34-26)14-7-10-27(41)35-25(13-17-44-3)31(42)36-28/h4-6,8-9,11-12,18-20,25,28,34H,7,10,13-17H2,1-3H3,(H,35,41)(H,36,42)/t25-,28+/m0/s1. The summed E-state index contributed by atoms with van der Waals surface area (Å²) in [7, 11) is 0. The zero-order valence-corrected chi connectivity index (χ0v) is 26.0. The fourth-order valence-corrected chi connectivity index (χ4v) is 5.83. The second kappa shape index (κ2) is 14.1. The van der Waals surface area contributed by atoms with Crippen molar-refractivity contribution in [3.05, 3.63) is 71.9 Å². The number of rotatable bonds is 6. The van der Waals surface area contributed by atoms with E-state index < -0.39 is 12.1 Å². The van der Waals surface area contributed by atoms with E-state index in [1.54, 1.807) is 33.5 Å². The molecular formula is C32H38FN7O3S. The average molecular weight is 620 g/mol. The maximum absolute atomic E-state index is 13.8. The number of halogens is 1. The number of carbonyl (C=O) groups excluding carboxylic acids is 3. The summed E-state index contributed by atoms with van der Waals surface area (Å²) >= 11 is 1.61. The number of nitrogens with zero attached hydrogens (tertiary/aromatic N) is 4. The Kier molecular flexibility index (Phi) is 9.99. The molecule has 1 aliphatic rings. The van der Waals surface area contributed by atoms with Crippen LogP contribution in [-0.2, 0) is 16.1 Å². The van der Waals surface area contributed by atoms with Crippen molar-refractivity contribution < 1.29 is 18.8 Å². The SMILES string of the molecule is CSCC[C@@H]1NC(=O)CCCN(C(=O)c2cc3cc(F)ccc3[nH]2)CCn2nc(-c3ccccc3)nc2[C@@H](C(C)C)NC1=O. The van der Waals surface area contributed by atoms with Crippen molar-refractivity contribution in [3.8, 4) is 11.4 Å². The number of hydrogen-bond donors (Lipinski definition) is 3. The van der Waals surface area contributed by atoms with E-state index in [0.29, 0.717) is 59.9 Å². The van der Waals surface area contributed by atoms with Gasteiger partial charge in [-0.1, -0.05) is 44.2 Å². The quantitative estimate of drug-likeness (QED) is 0.291. The molecule has 0 saturated carbocycles. The molecule has 2 aromatic carbocycles. The molecule has 0 spiro atoms. The lowest BCUT2D eigenvalue weighted by atomic mass is 10.0. The third-order valence-corrected chi connectivity index (χ3v) is 8.40. The summed E-state index contributed by atoms with van der Waals surface area (Å²) in [6, 6.07) is 14.4. The molecule has 0 unspecified atom stereocenters. The molecule has 12 heteroatoms. The van der Waals surface area contributed by atoms with Crippen LogP contribution in [0.1, 0.15) is 55.5 Å². The summed E-state index contributed by atoms with van der Waals surface area (Å²) in [5, 5.41) is 11.5. The summed E-state index contributed by atoms with van der Waals surface area (Å²) in [5.41, 5.74) is 1.83. The molecule has 0 aliphatic carbocycles. The van der Waals surface area contributed by atoms with Crippen molar-refractivity contribution in [1.82, 2.24) is 35.3 Å². The monoisotopic (exact) mass is 619 g/mol. The van der Waals surface area contributed by atoms with Crippen LogP contribution in [0.2, 0.25) is 0 Å². The lowest BCUT2D eigenvalue weighted by Crippen LogP contribution is -2.49. The Labute approximate surface area is 260 Å². The van der Waals surface area contributed by atoms with Gasteiger partial charge in [-0.3, -0.25) is 14.4 Å². The highest BCUT2D eigenvalue weighted by atomic mass is 32.2. The molecule has 2 aromatic heterocycles. The largest absolute Gasteiger partial charge is 0.351 e. The van der Waals surface area contributed by atoms with Gasteiger partial charge < -0.3 is 20.5 Å². The van der Waals surface area contributed by atoms with Crippen molar-refractivity contribution >= 4 is 40.4 Å². The van der Waals surface area contributed by atoms with Crippen LogP contribution < -0.4 is 10.6 Å². The summed E-state index contributed by atoms with van der Waals surface area (Å²) < 4.78 is 15.6. The third kappa shape index (κ3) is 7.29. The number of hydrogen-bond acceptors (Lipinski definition) is 6. The number of amides is 3. The molecule has 4 aromatic rings. The molecule has 5 rings (SSSR count). The molecule has 0 radical (unpaired) electrons. The number of nitrogens with one attached hydrogen (secondary N) is 3. The van der Waals surface area contributed by atoms with E-state index in [9.17, 15) is 18.8 Å². The Morgan fingerprint density at radius 3 is 2.61 bits per heavy atom. The molecule has 232 valence electrons. The van der Waals surface area contributed by atoms with Crippen molar-refractivity contribution in [1.29, 1.82) is 0 Å². The van der Waals surface area contributed by atoms with E-state index in [2.05, 4.69) is 15.6 Å². The van der Waals surface area contributed by atoms with Gasteiger partial charge in [-0.25, -0.2) is 14.1 Å². The maximum Gasteiger partial charge on any atom is 0.270 e. The minimum absolute atomic E-state index is 0.0418. The zero-order valence-electron chi connectivity index (χ0n) is 25.2. The first-order valence-corrected chi connectivity index (χ1v) is 16.3. The second-order valence-corrected chi connectivity index (χ2v) is 12.3. The van der Waals surface area contributed by atoms with Crippen molar-refractivity contribution in [2.45, 2.75) is 51.7 Å². The number of aromatic amines is 1. The Bertz CT molecular complexity index is 1620. The van der Waals surface area contributed by atoms with Gasteiger partial charge in [0, 0.05) is 36.0 Å². The summed E-state index contributed by atoms with van der Waals surface area (Å²) in [6.45, 7) is 4.90. The fourth-order valence-electron chi connectivity index (χ4n) is 5.36. The molecule has 44 heavy (non-hydrogen) atoms. The van der Waals surface area contributed by atoms with Gasteiger partial charge in [0.2, 0.25) is 11.8 Å². The highest BCUT2D eigenvalue weighted by Crippen LogP contribution is 2.25. The van der Waals surface area contributed by atoms with Crippen molar-refractivity contribution in [3.63, 3.8) is 0 Å². The highest BCUT2D eigenvalue weighted by molar-refractivity contribution is 7.98. The third-order valence-electron chi connectivity index (χ3n) is 7.75. The van der Waals surface area contributed by atoms with Gasteiger partial charge in [0.25, 0.3) is 5.91 Å². The number of benzene rings is 2. The van der Waals surface area contributed by atoms with Crippen molar-refractivity contribution in [2.24, 2.45) is 5.92 Å². The molecule has 10 nitrogen and oxygen atoms in total. The molecule has 2 atom stereocenters. The Morgan fingerprint density at radius 2 is 1.86 bits per heavy atom. The van der Waals surface area contributed by atoms with Crippen LogP contribution in [0.3, 0.4) is 0 Å². The van der Waals surface area contributed by atoms with Gasteiger partial charge in [-0.2, -0.15) is 16.9 Å². The van der Waals surface area contributed by atoms with E-state index in [0.717, 1.165) is 5.56 Å². The number of thioether (sulfide) groups is 1. The lowest BCUT2D eigenvalue weighted by Gasteiger charge is -2.27. The maximum atomic E-state index is 13.8. The van der Waals surface area contributed by atoms with Crippen LogP contribution in [0.5, 0.6) is 0 Å². The smallest absolute Gasteiger partial charge is 0.270 e. The van der Waals surface area contributed by atoms with Crippen LogP contribution in [0.25, 0.3) is 22.3 Å². The predicted octanol–water partition coefficient (Wildman–Crippen LogP) is 4.55. The van der Waals surface area contributed by atoms with Gasteiger partial charge in [-0.05, 0) is 55.0 Å². The van der Waals surface area contributed by atoms with Crippen LogP contribution in [-0.4, -0.2) is 73.5 Å². The van der Waals surface area contributed by atoms with Gasteiger partial charge in [-0.15, -0.1) is 0 Å². The number of fused-ring (bicyclic) bond motifs is 2. The van der Waals surface area contributed by atoms with Crippen LogP contribution in [0.4, 0.5) is 4.39 Å². The summed E-state index contributed by atoms with van der Waals surface area (Å²) in [4.78, 5) is 50.0. The van der Waals surface area contributed by atoms with E-state index in [4.69, 9.17) is 10.1 Å². The Balaban J connectivity index is 1.51. The minimum atomic E-state index is -0.700. The Morgan fingerprint density at radius 1 is 1.07 bits per heavy atom. The molecule has 0 bridgehead atoms. The summed E-state index contributed by atoms with van der Waals surface area (Å²) in [5.74, 6) is 0.620. The molecular weight excluding hydrogens is 581 g/mol. The molecule has 0 fully saturated rings. The highest BCUT2D eigenvalue weighted by Gasteiger charge is 2.30. The van der Waals surface area contributed by atoms with Gasteiger partial charge in [0.05, 0.1) is 12.6 Å². The van der Waals surface area contributed by atoms with E-state index in [1.807, 2.05) is 50.4 Å². The van der Waals surface area contributed by atoms with E-state index >= 15 is 0 Å². The number of H-pyrrole nitrogens is 1. The van der Waals surface area contributed by atoms with Crippen molar-refractivity contribution in [2.75, 3.05) is 25.1 Å². The second-order valence-electron chi connectivity index (χ2n) is 11.3. The first-order valence-electron chi connectivity index (χ1n) is 14.9. The van der Waals surface area contributed by atoms with Crippen LogP contribution >= 0.6 is 11.8 Å². The fraction of sp³-hybridized carbons (Fsp3) is 0.406. The first-order chi connectivity index (χ1) is 21.2. The Hall–Kier alpha value is -4.19. The van der Waals surface area contributed by atoms with Gasteiger partial charge in [0.15, 0.2) is 11.6 Å². The van der Waals surface area contributed by atoms with E-state index in [1.165, 1.54) is 12.1 Å². The molecule has 3 amide bonds. The minimum Gasteiger partial charge on any atom is -0.351 e. The normalized spacial score (nSPS) is 18.5. The van der Waals surface area contributed by atoms with Crippen LogP contribution in [0, 0.1) is 11.7 Å². The summed E-state index contributed by atoms with van der Waals surface area (Å²) in [6.07, 6.45) is 3.00.